The lowest BCUT2D eigenvalue weighted by atomic mass is 10.2. The maximum atomic E-state index is 10.5. The summed E-state index contributed by atoms with van der Waals surface area (Å²) in [6.07, 6.45) is 4.44. The van der Waals surface area contributed by atoms with Crippen molar-refractivity contribution in [2.45, 2.75) is 32.6 Å². The molecule has 1 rings (SSSR count). The molecular formula is C15H23NO2. The van der Waals surface area contributed by atoms with Crippen molar-refractivity contribution in [2.24, 2.45) is 0 Å². The van der Waals surface area contributed by atoms with Crippen LogP contribution in [0.15, 0.2) is 30.3 Å². The first-order chi connectivity index (χ1) is 8.70. The van der Waals surface area contributed by atoms with Gasteiger partial charge in [0.25, 0.3) is 0 Å². The number of benzene rings is 1. The van der Waals surface area contributed by atoms with Crippen LogP contribution in [0, 0.1) is 0 Å². The second-order valence-electron chi connectivity index (χ2n) is 4.51. The zero-order valence-corrected chi connectivity index (χ0v) is 11.4. The predicted molar refractivity (Wildman–Crippen MR) is 74.8 cm³/mol. The summed E-state index contributed by atoms with van der Waals surface area (Å²) >= 11 is 0. The molecule has 0 aliphatic rings. The number of rotatable bonds is 8. The van der Waals surface area contributed by atoms with Gasteiger partial charge in [-0.15, -0.1) is 0 Å². The Balaban J connectivity index is 2.03. The van der Waals surface area contributed by atoms with Gasteiger partial charge in [0.2, 0.25) is 0 Å². The number of hydrogen-bond acceptors (Lipinski definition) is 3. The molecule has 0 fully saturated rings. The molecule has 0 spiro atoms. The van der Waals surface area contributed by atoms with Crippen LogP contribution in [0.3, 0.4) is 0 Å². The van der Waals surface area contributed by atoms with E-state index in [9.17, 15) is 4.79 Å². The Morgan fingerprint density at radius 1 is 1.11 bits per heavy atom. The van der Waals surface area contributed by atoms with Gasteiger partial charge < -0.3 is 9.64 Å². The number of anilines is 1. The van der Waals surface area contributed by atoms with Crippen LogP contribution in [0.2, 0.25) is 0 Å². The molecule has 0 saturated heterocycles. The van der Waals surface area contributed by atoms with Crippen LogP contribution in [0.5, 0.6) is 0 Å². The van der Waals surface area contributed by atoms with Crippen molar-refractivity contribution in [1.82, 2.24) is 0 Å². The lowest BCUT2D eigenvalue weighted by Gasteiger charge is -2.18. The Hall–Kier alpha value is -1.51. The third-order valence-corrected chi connectivity index (χ3v) is 2.89. The van der Waals surface area contributed by atoms with Crippen LogP contribution >= 0.6 is 0 Å². The average Bonchev–Trinajstić information content (AvgIpc) is 2.38. The zero-order valence-electron chi connectivity index (χ0n) is 11.4. The molecule has 0 N–H and O–H groups in total. The fourth-order valence-electron chi connectivity index (χ4n) is 1.83. The Labute approximate surface area is 110 Å². The molecule has 0 atom stereocenters. The summed E-state index contributed by atoms with van der Waals surface area (Å²) in [4.78, 5) is 12.8. The Morgan fingerprint density at radius 2 is 1.78 bits per heavy atom. The van der Waals surface area contributed by atoms with Crippen molar-refractivity contribution < 1.29 is 9.53 Å². The minimum Gasteiger partial charge on any atom is -0.466 e. The topological polar surface area (TPSA) is 29.5 Å². The average molecular weight is 249 g/mol. The molecular weight excluding hydrogens is 226 g/mol. The largest absolute Gasteiger partial charge is 0.466 e. The lowest BCUT2D eigenvalue weighted by molar-refractivity contribution is -0.141. The number of hydrogen-bond donors (Lipinski definition) is 0. The summed E-state index contributed by atoms with van der Waals surface area (Å²) in [7, 11) is 2.12. The first-order valence-electron chi connectivity index (χ1n) is 6.59. The molecule has 0 unspecified atom stereocenters. The number of unbranched alkanes of at least 4 members (excludes halogenated alkanes) is 3. The van der Waals surface area contributed by atoms with E-state index >= 15 is 0 Å². The van der Waals surface area contributed by atoms with E-state index in [0.29, 0.717) is 6.61 Å². The highest BCUT2D eigenvalue weighted by atomic mass is 16.5. The maximum absolute atomic E-state index is 10.5. The van der Waals surface area contributed by atoms with E-state index in [2.05, 4.69) is 36.2 Å². The van der Waals surface area contributed by atoms with Gasteiger partial charge in [-0.3, -0.25) is 4.79 Å². The van der Waals surface area contributed by atoms with Gasteiger partial charge in [-0.2, -0.15) is 0 Å². The third-order valence-electron chi connectivity index (χ3n) is 2.89. The van der Waals surface area contributed by atoms with E-state index in [1.54, 1.807) is 0 Å². The van der Waals surface area contributed by atoms with Gasteiger partial charge in [-0.1, -0.05) is 24.6 Å². The second kappa shape index (κ2) is 8.56. The van der Waals surface area contributed by atoms with Gasteiger partial charge in [-0.05, 0) is 31.4 Å². The van der Waals surface area contributed by atoms with Gasteiger partial charge >= 0.3 is 5.97 Å². The maximum Gasteiger partial charge on any atom is 0.302 e. The number of carbonyl (C=O) groups excluding carboxylic acids is 1. The monoisotopic (exact) mass is 249 g/mol. The molecule has 0 bridgehead atoms. The predicted octanol–water partition coefficient (Wildman–Crippen LogP) is 3.25. The summed E-state index contributed by atoms with van der Waals surface area (Å²) in [6, 6.07) is 10.4. The molecule has 0 aliphatic heterocycles. The lowest BCUT2D eigenvalue weighted by Crippen LogP contribution is -2.18. The fourth-order valence-corrected chi connectivity index (χ4v) is 1.83. The highest BCUT2D eigenvalue weighted by Gasteiger charge is 1.99. The first kappa shape index (κ1) is 14.6. The third kappa shape index (κ3) is 6.28. The molecule has 0 aromatic heterocycles. The van der Waals surface area contributed by atoms with Crippen LogP contribution in [-0.2, 0) is 9.53 Å². The van der Waals surface area contributed by atoms with Gasteiger partial charge in [0, 0.05) is 26.2 Å². The SMILES string of the molecule is CC(=O)OCCCCCCN(C)c1ccccc1. The van der Waals surface area contributed by atoms with Crippen molar-refractivity contribution in [2.75, 3.05) is 25.1 Å². The highest BCUT2D eigenvalue weighted by Crippen LogP contribution is 2.12. The van der Waals surface area contributed by atoms with Gasteiger partial charge in [0.15, 0.2) is 0 Å². The molecule has 1 aromatic rings. The molecule has 0 heterocycles. The molecule has 0 radical (unpaired) electrons. The Bertz CT molecular complexity index is 338. The number of carbonyl (C=O) groups is 1. The van der Waals surface area contributed by atoms with E-state index < -0.39 is 0 Å². The molecule has 3 heteroatoms. The summed E-state index contributed by atoms with van der Waals surface area (Å²) in [5, 5.41) is 0. The van der Waals surface area contributed by atoms with Crippen molar-refractivity contribution in [3.05, 3.63) is 30.3 Å². The van der Waals surface area contributed by atoms with Gasteiger partial charge in [0.05, 0.1) is 6.61 Å². The fraction of sp³-hybridized carbons (Fsp3) is 0.533. The van der Waals surface area contributed by atoms with Gasteiger partial charge in [0.1, 0.15) is 0 Å². The Kier molecular flexibility index (Phi) is 6.92. The zero-order chi connectivity index (χ0) is 13.2. The smallest absolute Gasteiger partial charge is 0.302 e. The molecule has 0 saturated carbocycles. The highest BCUT2D eigenvalue weighted by molar-refractivity contribution is 5.65. The molecule has 18 heavy (non-hydrogen) atoms. The quantitative estimate of drug-likeness (QED) is 0.523. The van der Waals surface area contributed by atoms with Crippen LogP contribution in [0.25, 0.3) is 0 Å². The first-order valence-corrected chi connectivity index (χ1v) is 6.59. The van der Waals surface area contributed by atoms with Crippen molar-refractivity contribution in [1.29, 1.82) is 0 Å². The van der Waals surface area contributed by atoms with Crippen LogP contribution in [-0.4, -0.2) is 26.2 Å². The van der Waals surface area contributed by atoms with Crippen LogP contribution in [0.1, 0.15) is 32.6 Å². The van der Waals surface area contributed by atoms with Crippen molar-refractivity contribution in [3.63, 3.8) is 0 Å². The van der Waals surface area contributed by atoms with Crippen LogP contribution in [0.4, 0.5) is 5.69 Å². The normalized spacial score (nSPS) is 10.1. The number of ether oxygens (including phenoxy) is 1. The van der Waals surface area contributed by atoms with Crippen LogP contribution < -0.4 is 4.90 Å². The number of nitrogens with zero attached hydrogens (tertiary/aromatic N) is 1. The minimum atomic E-state index is -0.182. The summed E-state index contributed by atoms with van der Waals surface area (Å²) < 4.78 is 4.89. The Morgan fingerprint density at radius 3 is 2.44 bits per heavy atom. The molecule has 1 aromatic carbocycles. The molecule has 0 amide bonds. The number of esters is 1. The van der Waals surface area contributed by atoms with Gasteiger partial charge in [-0.25, -0.2) is 0 Å². The minimum absolute atomic E-state index is 0.182. The van der Waals surface area contributed by atoms with Crippen molar-refractivity contribution >= 4 is 11.7 Å². The summed E-state index contributed by atoms with van der Waals surface area (Å²) in [5.74, 6) is -0.182. The molecule has 0 aliphatic carbocycles. The molecule has 100 valence electrons. The van der Waals surface area contributed by atoms with E-state index in [4.69, 9.17) is 4.74 Å². The van der Waals surface area contributed by atoms with E-state index in [1.165, 1.54) is 25.5 Å². The summed E-state index contributed by atoms with van der Waals surface area (Å²) in [5.41, 5.74) is 1.26. The van der Waals surface area contributed by atoms with Crippen molar-refractivity contribution in [3.8, 4) is 0 Å². The van der Waals surface area contributed by atoms with E-state index in [1.807, 2.05) is 6.07 Å². The second-order valence-corrected chi connectivity index (χ2v) is 4.51. The van der Waals surface area contributed by atoms with E-state index in [0.717, 1.165) is 19.4 Å². The molecule has 3 nitrogen and oxygen atoms in total. The summed E-state index contributed by atoms with van der Waals surface area (Å²) in [6.45, 7) is 3.08. The number of para-hydroxylation sites is 1. The standard InChI is InChI=1S/C15H23NO2/c1-14(17)18-13-9-4-3-8-12-16(2)15-10-6-5-7-11-15/h5-7,10-11H,3-4,8-9,12-13H2,1-2H3. The van der Waals surface area contributed by atoms with E-state index in [-0.39, 0.29) is 5.97 Å².